The molecule has 0 N–H and O–H groups in total. The molecule has 0 saturated carbocycles. The van der Waals surface area contributed by atoms with Crippen LogP contribution in [0.5, 0.6) is 0 Å². The Balaban J connectivity index is 2.04. The van der Waals surface area contributed by atoms with Gasteiger partial charge >= 0.3 is 0 Å². The van der Waals surface area contributed by atoms with Crippen LogP contribution in [0.15, 0.2) is 67.0 Å². The van der Waals surface area contributed by atoms with Crippen LogP contribution >= 0.6 is 0 Å². The summed E-state index contributed by atoms with van der Waals surface area (Å²) in [5.41, 5.74) is 5.53. The van der Waals surface area contributed by atoms with Crippen LogP contribution in [0.25, 0.3) is 38.3 Å². The number of rotatable bonds is 1. The Kier molecular flexibility index (Phi) is 3.13. The molecule has 1 aromatic heterocycles. The number of nitrogens with zero attached hydrogens (tertiary/aromatic N) is 2. The molecule has 26 heavy (non-hydrogen) atoms. The van der Waals surface area contributed by atoms with Gasteiger partial charge in [0.2, 0.25) is 0 Å². The minimum absolute atomic E-state index is 0.226. The second kappa shape index (κ2) is 5.40. The number of benzene rings is 4. The largest absolute Gasteiger partial charge is 0.298 e. The van der Waals surface area contributed by atoms with Gasteiger partial charge in [-0.25, -0.2) is 9.37 Å². The van der Waals surface area contributed by atoms with E-state index >= 15 is 0 Å². The number of hydrogen-bond donors (Lipinski definition) is 0. The van der Waals surface area contributed by atoms with Crippen molar-refractivity contribution in [2.24, 2.45) is 0 Å². The fraction of sp³-hybridized carbons (Fsp3) is 0.0870. The van der Waals surface area contributed by atoms with E-state index in [-0.39, 0.29) is 5.82 Å². The fourth-order valence-electron chi connectivity index (χ4n) is 4.03. The lowest BCUT2D eigenvalue weighted by Crippen LogP contribution is -1.99. The van der Waals surface area contributed by atoms with Crippen molar-refractivity contribution in [1.29, 1.82) is 0 Å². The molecule has 0 radical (unpaired) electrons. The molecule has 1 heterocycles. The highest BCUT2D eigenvalue weighted by Gasteiger charge is 2.16. The van der Waals surface area contributed by atoms with E-state index in [1.807, 2.05) is 24.5 Å². The molecule has 126 valence electrons. The molecule has 5 rings (SSSR count). The molecular weight excluding hydrogens is 323 g/mol. The average molecular weight is 340 g/mol. The SMILES string of the molecule is Cc1cccc(C)c1-n1cnc2c3ccc(F)cc3c3ccccc3c21. The Morgan fingerprint density at radius 3 is 2.27 bits per heavy atom. The zero-order valence-corrected chi connectivity index (χ0v) is 14.6. The standard InChI is InChI=1S/C23H17FN2/c1-14-6-5-7-15(2)22(14)26-13-25-21-18-11-10-16(24)12-20(18)17-8-3-4-9-19(17)23(21)26/h3-13H,1-2H3. The average Bonchev–Trinajstić information content (AvgIpc) is 3.07. The third-order valence-electron chi connectivity index (χ3n) is 5.16. The molecule has 0 amide bonds. The molecule has 0 spiro atoms. The normalized spacial score (nSPS) is 11.7. The topological polar surface area (TPSA) is 17.8 Å². The molecule has 0 fully saturated rings. The molecule has 3 heteroatoms. The van der Waals surface area contributed by atoms with Gasteiger partial charge < -0.3 is 0 Å². The molecule has 0 saturated heterocycles. The second-order valence-electron chi connectivity index (χ2n) is 6.79. The molecular formula is C23H17FN2. The lowest BCUT2D eigenvalue weighted by atomic mass is 9.99. The van der Waals surface area contributed by atoms with E-state index in [0.717, 1.165) is 38.3 Å². The minimum Gasteiger partial charge on any atom is -0.298 e. The van der Waals surface area contributed by atoms with Crippen molar-refractivity contribution in [1.82, 2.24) is 9.55 Å². The van der Waals surface area contributed by atoms with Crippen LogP contribution < -0.4 is 0 Å². The summed E-state index contributed by atoms with van der Waals surface area (Å²) in [6.07, 6.45) is 1.88. The first-order chi connectivity index (χ1) is 12.6. The smallest absolute Gasteiger partial charge is 0.123 e. The number of para-hydroxylation sites is 1. The molecule has 0 aliphatic carbocycles. The quantitative estimate of drug-likeness (QED) is 0.338. The van der Waals surface area contributed by atoms with Crippen molar-refractivity contribution in [2.45, 2.75) is 13.8 Å². The third-order valence-corrected chi connectivity index (χ3v) is 5.16. The number of hydrogen-bond acceptors (Lipinski definition) is 1. The van der Waals surface area contributed by atoms with Crippen LogP contribution in [-0.2, 0) is 0 Å². The predicted octanol–water partition coefficient (Wildman–Crippen LogP) is 6.09. The summed E-state index contributed by atoms with van der Waals surface area (Å²) in [6, 6.07) is 19.4. The van der Waals surface area contributed by atoms with Crippen LogP contribution in [0.4, 0.5) is 4.39 Å². The molecule has 0 atom stereocenters. The van der Waals surface area contributed by atoms with Crippen LogP contribution in [0.2, 0.25) is 0 Å². The molecule has 0 aliphatic rings. The second-order valence-corrected chi connectivity index (χ2v) is 6.79. The Labute approximate surface area is 150 Å². The van der Waals surface area contributed by atoms with Crippen molar-refractivity contribution in [2.75, 3.05) is 0 Å². The highest BCUT2D eigenvalue weighted by Crippen LogP contribution is 2.36. The van der Waals surface area contributed by atoms with Gasteiger partial charge in [0.1, 0.15) is 12.1 Å². The maximum Gasteiger partial charge on any atom is 0.123 e. The molecule has 2 nitrogen and oxygen atoms in total. The summed E-state index contributed by atoms with van der Waals surface area (Å²) in [6.45, 7) is 4.24. The van der Waals surface area contributed by atoms with Gasteiger partial charge in [-0.1, -0.05) is 42.5 Å². The van der Waals surface area contributed by atoms with Crippen molar-refractivity contribution in [3.63, 3.8) is 0 Å². The van der Waals surface area contributed by atoms with Crippen LogP contribution in [0.3, 0.4) is 0 Å². The van der Waals surface area contributed by atoms with Crippen molar-refractivity contribution >= 4 is 32.6 Å². The van der Waals surface area contributed by atoms with Crippen molar-refractivity contribution in [3.8, 4) is 5.69 Å². The number of imidazole rings is 1. The van der Waals surface area contributed by atoms with Gasteiger partial charge in [0.15, 0.2) is 0 Å². The first kappa shape index (κ1) is 15.1. The van der Waals surface area contributed by atoms with Gasteiger partial charge in [0, 0.05) is 10.8 Å². The summed E-state index contributed by atoms with van der Waals surface area (Å²) in [5, 5.41) is 4.01. The number of halogens is 1. The summed E-state index contributed by atoms with van der Waals surface area (Å²) in [4.78, 5) is 4.73. The highest BCUT2D eigenvalue weighted by atomic mass is 19.1. The molecule has 0 aliphatic heterocycles. The highest BCUT2D eigenvalue weighted by molar-refractivity contribution is 6.23. The zero-order valence-electron chi connectivity index (χ0n) is 14.6. The first-order valence-electron chi connectivity index (χ1n) is 8.69. The van der Waals surface area contributed by atoms with E-state index in [2.05, 4.69) is 48.7 Å². The lowest BCUT2D eigenvalue weighted by Gasteiger charge is -2.14. The van der Waals surface area contributed by atoms with Crippen LogP contribution in [0.1, 0.15) is 11.1 Å². The van der Waals surface area contributed by atoms with Gasteiger partial charge in [0.25, 0.3) is 0 Å². The monoisotopic (exact) mass is 340 g/mol. The van der Waals surface area contributed by atoms with E-state index in [1.165, 1.54) is 17.2 Å². The van der Waals surface area contributed by atoms with Crippen LogP contribution in [0, 0.1) is 19.7 Å². The Hall–Kier alpha value is -3.20. The minimum atomic E-state index is -0.226. The first-order valence-corrected chi connectivity index (χ1v) is 8.69. The van der Waals surface area contributed by atoms with E-state index in [0.29, 0.717) is 0 Å². The summed E-state index contributed by atoms with van der Waals surface area (Å²) >= 11 is 0. The van der Waals surface area contributed by atoms with Gasteiger partial charge in [0.05, 0.1) is 16.7 Å². The van der Waals surface area contributed by atoms with Gasteiger partial charge in [-0.2, -0.15) is 0 Å². The number of aromatic nitrogens is 2. The Bertz CT molecular complexity index is 1290. The van der Waals surface area contributed by atoms with Gasteiger partial charge in [-0.15, -0.1) is 0 Å². The zero-order chi connectivity index (χ0) is 17.8. The van der Waals surface area contributed by atoms with Gasteiger partial charge in [-0.3, -0.25) is 4.57 Å². The van der Waals surface area contributed by atoms with Crippen molar-refractivity contribution < 1.29 is 4.39 Å². The summed E-state index contributed by atoms with van der Waals surface area (Å²) in [5.74, 6) is -0.226. The fourth-order valence-corrected chi connectivity index (χ4v) is 4.03. The van der Waals surface area contributed by atoms with E-state index < -0.39 is 0 Å². The summed E-state index contributed by atoms with van der Waals surface area (Å²) < 4.78 is 16.1. The number of aryl methyl sites for hydroxylation is 2. The summed E-state index contributed by atoms with van der Waals surface area (Å²) in [7, 11) is 0. The maximum atomic E-state index is 13.9. The molecule has 4 aromatic carbocycles. The molecule has 0 unspecified atom stereocenters. The molecule has 0 bridgehead atoms. The van der Waals surface area contributed by atoms with E-state index in [1.54, 1.807) is 6.07 Å². The van der Waals surface area contributed by atoms with E-state index in [9.17, 15) is 4.39 Å². The van der Waals surface area contributed by atoms with E-state index in [4.69, 9.17) is 4.98 Å². The maximum absolute atomic E-state index is 13.9. The van der Waals surface area contributed by atoms with Crippen LogP contribution in [-0.4, -0.2) is 9.55 Å². The predicted molar refractivity (Wildman–Crippen MR) is 106 cm³/mol. The number of fused-ring (bicyclic) bond motifs is 6. The third kappa shape index (κ3) is 2.00. The van der Waals surface area contributed by atoms with Gasteiger partial charge in [-0.05, 0) is 53.9 Å². The Morgan fingerprint density at radius 2 is 1.50 bits per heavy atom. The Morgan fingerprint density at radius 1 is 0.769 bits per heavy atom. The lowest BCUT2D eigenvalue weighted by molar-refractivity contribution is 0.630. The molecule has 5 aromatic rings. The van der Waals surface area contributed by atoms with Crippen molar-refractivity contribution in [3.05, 3.63) is 83.9 Å².